The van der Waals surface area contributed by atoms with Gasteiger partial charge in [0.2, 0.25) is 11.6 Å². The Bertz CT molecular complexity index is 886. The van der Waals surface area contributed by atoms with Gasteiger partial charge in [-0.1, -0.05) is 0 Å². The third-order valence-corrected chi connectivity index (χ3v) is 3.35. The lowest BCUT2D eigenvalue weighted by Crippen LogP contribution is -2.20. The number of nitrogens with two attached hydrogens (primary N) is 1. The molecule has 116 valence electrons. The average Bonchev–Trinajstić information content (AvgIpc) is 2.98. The number of ether oxygens (including phenoxy) is 1. The van der Waals surface area contributed by atoms with Gasteiger partial charge in [0.1, 0.15) is 17.6 Å². The molecule has 3 rings (SSSR count). The van der Waals surface area contributed by atoms with E-state index in [1.165, 1.54) is 24.3 Å². The number of methoxy groups -OCH3 is 1. The molecule has 8 nitrogen and oxygen atoms in total. The number of benzene rings is 1. The van der Waals surface area contributed by atoms with E-state index < -0.39 is 11.6 Å². The van der Waals surface area contributed by atoms with Gasteiger partial charge in [0.15, 0.2) is 11.5 Å². The van der Waals surface area contributed by atoms with Crippen molar-refractivity contribution < 1.29 is 14.3 Å². The minimum Gasteiger partial charge on any atom is -0.497 e. The first-order chi connectivity index (χ1) is 11.1. The van der Waals surface area contributed by atoms with E-state index >= 15 is 0 Å². The average molecular weight is 311 g/mol. The highest BCUT2D eigenvalue weighted by Gasteiger charge is 2.18. The van der Waals surface area contributed by atoms with Gasteiger partial charge >= 0.3 is 0 Å². The van der Waals surface area contributed by atoms with Gasteiger partial charge < -0.3 is 15.0 Å². The second-order valence-corrected chi connectivity index (χ2v) is 4.78. The third kappa shape index (κ3) is 2.73. The van der Waals surface area contributed by atoms with Gasteiger partial charge in [-0.05, 0) is 24.3 Å². The first-order valence-corrected chi connectivity index (χ1v) is 6.73. The van der Waals surface area contributed by atoms with E-state index in [0.717, 1.165) is 0 Å². The Morgan fingerprint density at radius 2 is 1.91 bits per heavy atom. The van der Waals surface area contributed by atoms with Crippen LogP contribution in [-0.2, 0) is 11.3 Å². The number of hydrogen-bond acceptors (Lipinski definition) is 7. The second kappa shape index (κ2) is 5.84. The van der Waals surface area contributed by atoms with Gasteiger partial charge in [-0.3, -0.25) is 9.59 Å². The molecule has 0 radical (unpaired) electrons. The van der Waals surface area contributed by atoms with Gasteiger partial charge in [0, 0.05) is 5.56 Å². The van der Waals surface area contributed by atoms with Gasteiger partial charge in [-0.25, -0.2) is 15.0 Å². The molecule has 2 heterocycles. The zero-order valence-electron chi connectivity index (χ0n) is 12.3. The van der Waals surface area contributed by atoms with Gasteiger partial charge in [0.25, 0.3) is 0 Å². The number of imidazole rings is 1. The number of carbonyl (C=O) groups excluding carboxylic acids is 2. The van der Waals surface area contributed by atoms with Crippen LogP contribution in [0, 0.1) is 0 Å². The molecule has 1 aromatic carbocycles. The molecular weight excluding hydrogens is 298 g/mol. The highest BCUT2D eigenvalue weighted by Crippen LogP contribution is 2.15. The molecular formula is C15H13N5O3. The third-order valence-electron chi connectivity index (χ3n) is 3.35. The van der Waals surface area contributed by atoms with Crippen LogP contribution in [0.1, 0.15) is 10.4 Å². The van der Waals surface area contributed by atoms with Crippen LogP contribution in [0.2, 0.25) is 0 Å². The Hall–Kier alpha value is -3.29. The van der Waals surface area contributed by atoms with Crippen molar-refractivity contribution in [3.63, 3.8) is 0 Å². The molecule has 0 atom stereocenters. The Kier molecular flexibility index (Phi) is 3.71. The molecule has 0 saturated carbocycles. The molecule has 2 N–H and O–H groups in total. The van der Waals surface area contributed by atoms with E-state index in [0.29, 0.717) is 22.5 Å². The fourth-order valence-corrected chi connectivity index (χ4v) is 2.14. The maximum atomic E-state index is 12.2. The highest BCUT2D eigenvalue weighted by atomic mass is 16.5. The number of Topliss-reactive ketones (excluding diaryl/α,β-unsaturated/α-hetero) is 2. The van der Waals surface area contributed by atoms with E-state index in [2.05, 4.69) is 15.0 Å². The lowest BCUT2D eigenvalue weighted by atomic mass is 10.1. The van der Waals surface area contributed by atoms with Crippen LogP contribution in [-0.4, -0.2) is 38.2 Å². The van der Waals surface area contributed by atoms with Crippen LogP contribution in [0.5, 0.6) is 5.75 Å². The number of ketones is 2. The summed E-state index contributed by atoms with van der Waals surface area (Å²) in [5.41, 5.74) is 6.80. The van der Waals surface area contributed by atoms with Crippen molar-refractivity contribution in [1.82, 2.24) is 19.5 Å². The van der Waals surface area contributed by atoms with Gasteiger partial charge in [-0.2, -0.15) is 0 Å². The van der Waals surface area contributed by atoms with Crippen LogP contribution >= 0.6 is 0 Å². The van der Waals surface area contributed by atoms with Crippen molar-refractivity contribution in [2.45, 2.75) is 6.54 Å². The summed E-state index contributed by atoms with van der Waals surface area (Å²) in [6, 6.07) is 6.35. The molecule has 0 fully saturated rings. The molecule has 0 bridgehead atoms. The van der Waals surface area contributed by atoms with E-state index in [1.807, 2.05) is 0 Å². The molecule has 8 heteroatoms. The van der Waals surface area contributed by atoms with Crippen LogP contribution in [0.3, 0.4) is 0 Å². The van der Waals surface area contributed by atoms with Crippen LogP contribution in [0.25, 0.3) is 11.2 Å². The fraction of sp³-hybridized carbons (Fsp3) is 0.133. The Balaban J connectivity index is 1.82. The summed E-state index contributed by atoms with van der Waals surface area (Å²) < 4.78 is 6.49. The standard InChI is InChI=1S/C15H13N5O3/c1-23-10-4-2-9(3-5-10)13(22)11(21)6-20-8-19-12-14(16)17-7-18-15(12)20/h2-5,7-8H,6H2,1H3,(H2,16,17,18). The molecule has 3 aromatic rings. The summed E-state index contributed by atoms with van der Waals surface area (Å²) >= 11 is 0. The normalized spacial score (nSPS) is 10.7. The predicted molar refractivity (Wildman–Crippen MR) is 82.1 cm³/mol. The number of nitrogens with zero attached hydrogens (tertiary/aromatic N) is 4. The molecule has 0 saturated heterocycles. The van der Waals surface area contributed by atoms with Crippen molar-refractivity contribution in [1.29, 1.82) is 0 Å². The molecule has 0 aliphatic heterocycles. The van der Waals surface area contributed by atoms with Crippen LogP contribution in [0.4, 0.5) is 5.82 Å². The van der Waals surface area contributed by atoms with E-state index in [-0.39, 0.29) is 12.4 Å². The molecule has 0 aliphatic carbocycles. The van der Waals surface area contributed by atoms with Crippen molar-refractivity contribution in [2.24, 2.45) is 0 Å². The number of hydrogen-bond donors (Lipinski definition) is 1. The van der Waals surface area contributed by atoms with Crippen LogP contribution < -0.4 is 10.5 Å². The predicted octanol–water partition coefficient (Wildman–Crippen LogP) is 0.869. The Morgan fingerprint density at radius 1 is 1.17 bits per heavy atom. The second-order valence-electron chi connectivity index (χ2n) is 4.78. The SMILES string of the molecule is COc1ccc(C(=O)C(=O)Cn2cnc3c(N)ncnc32)cc1. The number of anilines is 1. The summed E-state index contributed by atoms with van der Waals surface area (Å²) in [6.45, 7) is -0.169. The number of nitrogen functional groups attached to an aromatic ring is 1. The maximum Gasteiger partial charge on any atom is 0.230 e. The lowest BCUT2D eigenvalue weighted by Gasteiger charge is -2.04. The van der Waals surface area contributed by atoms with Crippen molar-refractivity contribution in [2.75, 3.05) is 12.8 Å². The molecule has 0 aliphatic rings. The van der Waals surface area contributed by atoms with Crippen LogP contribution in [0.15, 0.2) is 36.9 Å². The fourth-order valence-electron chi connectivity index (χ4n) is 2.14. The molecule has 23 heavy (non-hydrogen) atoms. The van der Waals surface area contributed by atoms with E-state index in [1.54, 1.807) is 24.3 Å². The first kappa shape index (κ1) is 14.6. The summed E-state index contributed by atoms with van der Waals surface area (Å²) in [4.78, 5) is 36.3. The number of fused-ring (bicyclic) bond motifs is 1. The summed E-state index contributed by atoms with van der Waals surface area (Å²) in [7, 11) is 1.53. The van der Waals surface area contributed by atoms with Crippen molar-refractivity contribution in [3.05, 3.63) is 42.5 Å². The Labute approximate surface area is 130 Å². The minimum atomic E-state index is -0.587. The summed E-state index contributed by atoms with van der Waals surface area (Å²) in [6.07, 6.45) is 2.69. The number of carbonyl (C=O) groups is 2. The van der Waals surface area contributed by atoms with Gasteiger partial charge in [0.05, 0.1) is 20.0 Å². The number of aromatic nitrogens is 4. The zero-order valence-corrected chi connectivity index (χ0v) is 12.3. The summed E-state index contributed by atoms with van der Waals surface area (Å²) in [5, 5.41) is 0. The van der Waals surface area contributed by atoms with E-state index in [4.69, 9.17) is 10.5 Å². The molecule has 2 aromatic heterocycles. The maximum absolute atomic E-state index is 12.2. The number of rotatable bonds is 5. The quantitative estimate of drug-likeness (QED) is 0.549. The van der Waals surface area contributed by atoms with Gasteiger partial charge in [-0.15, -0.1) is 0 Å². The highest BCUT2D eigenvalue weighted by molar-refractivity contribution is 6.43. The van der Waals surface area contributed by atoms with E-state index in [9.17, 15) is 9.59 Å². The summed E-state index contributed by atoms with van der Waals surface area (Å²) in [5.74, 6) is -0.326. The Morgan fingerprint density at radius 3 is 2.61 bits per heavy atom. The van der Waals surface area contributed by atoms with Crippen molar-refractivity contribution in [3.8, 4) is 5.75 Å². The topological polar surface area (TPSA) is 113 Å². The minimum absolute atomic E-state index is 0.169. The molecule has 0 amide bonds. The molecule has 0 unspecified atom stereocenters. The monoisotopic (exact) mass is 311 g/mol. The largest absolute Gasteiger partial charge is 0.497 e. The zero-order chi connectivity index (χ0) is 16.4. The smallest absolute Gasteiger partial charge is 0.230 e. The van der Waals surface area contributed by atoms with Crippen molar-refractivity contribution >= 4 is 28.5 Å². The molecule has 0 spiro atoms. The first-order valence-electron chi connectivity index (χ1n) is 6.73. The lowest BCUT2D eigenvalue weighted by molar-refractivity contribution is -0.115.